The van der Waals surface area contributed by atoms with Gasteiger partial charge < -0.3 is 5.11 Å². The summed E-state index contributed by atoms with van der Waals surface area (Å²) in [4.78, 5) is 10.4. The van der Waals surface area contributed by atoms with E-state index in [0.717, 1.165) is 22.9 Å². The molecule has 2 rings (SSSR count). The zero-order valence-electron chi connectivity index (χ0n) is 10.4. The van der Waals surface area contributed by atoms with Crippen molar-refractivity contribution in [2.75, 3.05) is 0 Å². The van der Waals surface area contributed by atoms with Crippen molar-refractivity contribution in [2.24, 2.45) is 5.92 Å². The van der Waals surface area contributed by atoms with Crippen molar-refractivity contribution in [3.8, 4) is 0 Å². The van der Waals surface area contributed by atoms with E-state index in [0.29, 0.717) is 6.42 Å². The van der Waals surface area contributed by atoms with E-state index >= 15 is 0 Å². The Hall–Kier alpha value is -0.890. The summed E-state index contributed by atoms with van der Waals surface area (Å²) < 4.78 is 1.10. The van der Waals surface area contributed by atoms with Gasteiger partial charge in [0.25, 0.3) is 0 Å². The van der Waals surface area contributed by atoms with Gasteiger partial charge in [-0.1, -0.05) is 35.0 Å². The zero-order valence-corrected chi connectivity index (χ0v) is 12.0. The molecule has 0 amide bonds. The second-order valence-corrected chi connectivity index (χ2v) is 5.75. The average Bonchev–Trinajstić information content (AvgIpc) is 2.71. The van der Waals surface area contributed by atoms with Crippen LogP contribution in [-0.2, 0) is 11.2 Å². The van der Waals surface area contributed by atoms with Gasteiger partial charge in [0.05, 0.1) is 6.10 Å². The Balaban J connectivity index is 2.21. The summed E-state index contributed by atoms with van der Waals surface area (Å²) in [5, 5.41) is 10.1. The van der Waals surface area contributed by atoms with E-state index in [-0.39, 0.29) is 17.9 Å². The van der Waals surface area contributed by atoms with Crippen LogP contribution >= 0.6 is 15.9 Å². The van der Waals surface area contributed by atoms with E-state index in [1.54, 1.807) is 6.08 Å². The molecule has 0 heterocycles. The number of carbonyl (C=O) groups excluding carboxylic acids is 1. The molecule has 18 heavy (non-hydrogen) atoms. The van der Waals surface area contributed by atoms with Gasteiger partial charge in [-0.3, -0.25) is 0 Å². The number of rotatable bonds is 3. The SMILES string of the molecule is CCc1ccc(C2CC(C=C=O)CC2O)cc1Br. The molecule has 0 aliphatic heterocycles. The molecule has 0 spiro atoms. The first-order valence-corrected chi connectivity index (χ1v) is 7.12. The minimum Gasteiger partial charge on any atom is -0.392 e. The topological polar surface area (TPSA) is 37.3 Å². The molecule has 3 heteroatoms. The fourth-order valence-corrected chi connectivity index (χ4v) is 3.40. The van der Waals surface area contributed by atoms with Crippen LogP contribution in [0.1, 0.15) is 36.8 Å². The maximum Gasteiger partial charge on any atom is 0.120 e. The molecule has 1 fully saturated rings. The molecule has 1 aliphatic carbocycles. The number of allylic oxidation sites excluding steroid dienone is 1. The highest BCUT2D eigenvalue weighted by atomic mass is 79.9. The maximum absolute atomic E-state index is 10.4. The van der Waals surface area contributed by atoms with Crippen LogP contribution in [0.25, 0.3) is 0 Å². The van der Waals surface area contributed by atoms with Crippen LogP contribution in [0.2, 0.25) is 0 Å². The lowest BCUT2D eigenvalue weighted by Gasteiger charge is -2.16. The monoisotopic (exact) mass is 308 g/mol. The van der Waals surface area contributed by atoms with Gasteiger partial charge >= 0.3 is 0 Å². The summed E-state index contributed by atoms with van der Waals surface area (Å²) in [5.41, 5.74) is 2.42. The Morgan fingerprint density at radius 3 is 2.89 bits per heavy atom. The van der Waals surface area contributed by atoms with Gasteiger partial charge in [0.2, 0.25) is 0 Å². The number of hydrogen-bond donors (Lipinski definition) is 1. The smallest absolute Gasteiger partial charge is 0.120 e. The molecule has 0 aromatic heterocycles. The number of aliphatic hydroxyl groups excluding tert-OH is 1. The van der Waals surface area contributed by atoms with Crippen molar-refractivity contribution in [3.63, 3.8) is 0 Å². The van der Waals surface area contributed by atoms with E-state index in [9.17, 15) is 9.90 Å². The van der Waals surface area contributed by atoms with Gasteiger partial charge in [-0.2, -0.15) is 0 Å². The minimum absolute atomic E-state index is 0.127. The molecule has 96 valence electrons. The molecular weight excluding hydrogens is 292 g/mol. The second kappa shape index (κ2) is 5.83. The normalized spacial score (nSPS) is 26.9. The summed E-state index contributed by atoms with van der Waals surface area (Å²) in [6.07, 6.45) is 3.66. The van der Waals surface area contributed by atoms with Gasteiger partial charge in [-0.05, 0) is 42.4 Å². The zero-order chi connectivity index (χ0) is 13.1. The summed E-state index contributed by atoms with van der Waals surface area (Å²) in [5.74, 6) is 2.12. The van der Waals surface area contributed by atoms with Crippen molar-refractivity contribution >= 4 is 21.9 Å². The molecular formula is C15H17BrO2. The highest BCUT2D eigenvalue weighted by Crippen LogP contribution is 2.40. The molecule has 1 saturated carbocycles. The molecule has 1 N–H and O–H groups in total. The van der Waals surface area contributed by atoms with Crippen LogP contribution < -0.4 is 0 Å². The van der Waals surface area contributed by atoms with Crippen LogP contribution in [-0.4, -0.2) is 17.2 Å². The number of halogens is 1. The van der Waals surface area contributed by atoms with Crippen molar-refractivity contribution in [3.05, 3.63) is 39.9 Å². The second-order valence-electron chi connectivity index (χ2n) is 4.89. The van der Waals surface area contributed by atoms with Gasteiger partial charge in [0.1, 0.15) is 5.94 Å². The van der Waals surface area contributed by atoms with E-state index in [1.807, 2.05) is 5.94 Å². The Morgan fingerprint density at radius 2 is 2.28 bits per heavy atom. The van der Waals surface area contributed by atoms with Crippen LogP contribution in [0.5, 0.6) is 0 Å². The predicted molar refractivity (Wildman–Crippen MR) is 75.3 cm³/mol. The molecule has 1 aromatic rings. The van der Waals surface area contributed by atoms with Gasteiger partial charge in [-0.25, -0.2) is 4.79 Å². The van der Waals surface area contributed by atoms with E-state index in [4.69, 9.17) is 0 Å². The van der Waals surface area contributed by atoms with Crippen LogP contribution in [0, 0.1) is 5.92 Å². The van der Waals surface area contributed by atoms with Crippen molar-refractivity contribution in [1.29, 1.82) is 0 Å². The first-order valence-electron chi connectivity index (χ1n) is 6.33. The Labute approximate surface area is 116 Å². The molecule has 3 unspecified atom stereocenters. The Morgan fingerprint density at radius 1 is 1.50 bits per heavy atom. The highest BCUT2D eigenvalue weighted by molar-refractivity contribution is 9.10. The Kier molecular flexibility index (Phi) is 4.39. The lowest BCUT2D eigenvalue weighted by Crippen LogP contribution is -2.11. The average molecular weight is 309 g/mol. The summed E-state index contributed by atoms with van der Waals surface area (Å²) in [6.45, 7) is 2.12. The van der Waals surface area contributed by atoms with Gasteiger partial charge in [-0.15, -0.1) is 0 Å². The molecule has 3 atom stereocenters. The van der Waals surface area contributed by atoms with Crippen molar-refractivity contribution in [2.45, 2.75) is 38.2 Å². The van der Waals surface area contributed by atoms with Crippen LogP contribution in [0.15, 0.2) is 28.7 Å². The Bertz CT molecular complexity index is 477. The number of aliphatic hydroxyl groups is 1. The minimum atomic E-state index is -0.362. The molecule has 2 nitrogen and oxygen atoms in total. The quantitative estimate of drug-likeness (QED) is 0.870. The largest absolute Gasteiger partial charge is 0.392 e. The fraction of sp³-hybridized carbons (Fsp3) is 0.467. The van der Waals surface area contributed by atoms with Crippen molar-refractivity contribution < 1.29 is 9.90 Å². The molecule has 0 saturated heterocycles. The lowest BCUT2D eigenvalue weighted by atomic mass is 9.94. The number of benzene rings is 1. The first kappa shape index (κ1) is 13.5. The van der Waals surface area contributed by atoms with E-state index < -0.39 is 0 Å². The third-order valence-corrected chi connectivity index (χ3v) is 4.49. The number of hydrogen-bond acceptors (Lipinski definition) is 2. The number of aryl methyl sites for hydroxylation is 1. The lowest BCUT2D eigenvalue weighted by molar-refractivity contribution is 0.162. The fourth-order valence-electron chi connectivity index (χ4n) is 2.73. The molecule has 0 bridgehead atoms. The highest BCUT2D eigenvalue weighted by Gasteiger charge is 2.33. The summed E-state index contributed by atoms with van der Waals surface area (Å²) in [7, 11) is 0. The molecule has 1 aliphatic rings. The first-order chi connectivity index (χ1) is 8.65. The summed E-state index contributed by atoms with van der Waals surface area (Å²) >= 11 is 3.57. The maximum atomic E-state index is 10.4. The third kappa shape index (κ3) is 2.74. The predicted octanol–water partition coefficient (Wildman–Crippen LogP) is 3.25. The summed E-state index contributed by atoms with van der Waals surface area (Å²) in [6, 6.07) is 6.29. The van der Waals surface area contributed by atoms with E-state index in [2.05, 4.69) is 41.1 Å². The van der Waals surface area contributed by atoms with Crippen LogP contribution in [0.3, 0.4) is 0 Å². The van der Waals surface area contributed by atoms with Crippen molar-refractivity contribution in [1.82, 2.24) is 0 Å². The molecule has 1 aromatic carbocycles. The molecule has 0 radical (unpaired) electrons. The third-order valence-electron chi connectivity index (χ3n) is 3.76. The van der Waals surface area contributed by atoms with Gasteiger partial charge in [0.15, 0.2) is 0 Å². The van der Waals surface area contributed by atoms with Crippen LogP contribution in [0.4, 0.5) is 0 Å². The standard InChI is InChI=1S/C15H17BrO2/c1-2-11-3-4-12(9-14(11)16)13-7-10(5-6-17)8-15(13)18/h3-5,9-10,13,15,18H,2,7-8H2,1H3. The van der Waals surface area contributed by atoms with Gasteiger partial charge in [0, 0.05) is 16.5 Å². The van der Waals surface area contributed by atoms with E-state index in [1.165, 1.54) is 5.56 Å².